The van der Waals surface area contributed by atoms with Crippen molar-refractivity contribution in [2.24, 2.45) is 7.05 Å². The third-order valence-corrected chi connectivity index (χ3v) is 2.91. The van der Waals surface area contributed by atoms with Crippen LogP contribution >= 0.6 is 0 Å². The zero-order valence-corrected chi connectivity index (χ0v) is 8.97. The molecule has 0 radical (unpaired) electrons. The van der Waals surface area contributed by atoms with E-state index in [0.29, 0.717) is 0 Å². The van der Waals surface area contributed by atoms with E-state index in [1.807, 2.05) is 0 Å². The van der Waals surface area contributed by atoms with Gasteiger partial charge in [-0.15, -0.1) is 0 Å². The number of carbonyl (C=O) groups is 2. The Balaban J connectivity index is 2.39. The molecule has 0 unspecified atom stereocenters. The van der Waals surface area contributed by atoms with Crippen molar-refractivity contribution in [3.8, 4) is 5.75 Å². The molecule has 1 N–H and O–H groups in total. The normalized spacial score (nSPS) is 13.5. The third-order valence-electron chi connectivity index (χ3n) is 2.91. The van der Waals surface area contributed by atoms with Gasteiger partial charge in [-0.3, -0.25) is 14.3 Å². The molecule has 0 atom stereocenters. The van der Waals surface area contributed by atoms with E-state index in [9.17, 15) is 14.7 Å². The Labute approximate surface area is 96.3 Å². The van der Waals surface area contributed by atoms with E-state index in [0.717, 1.165) is 0 Å². The van der Waals surface area contributed by atoms with Crippen LogP contribution in [0.15, 0.2) is 24.4 Å². The molecule has 2 aromatic rings. The summed E-state index contributed by atoms with van der Waals surface area (Å²) in [5.74, 6) is -0.818. The predicted octanol–water partition coefficient (Wildman–Crippen LogP) is 0.901. The van der Waals surface area contributed by atoms with Crippen molar-refractivity contribution >= 4 is 11.6 Å². The summed E-state index contributed by atoms with van der Waals surface area (Å²) in [5, 5.41) is 13.6. The van der Waals surface area contributed by atoms with Gasteiger partial charge in [-0.2, -0.15) is 5.10 Å². The maximum absolute atomic E-state index is 12.2. The summed E-state index contributed by atoms with van der Waals surface area (Å²) < 4.78 is 1.38. The number of hydrogen-bond acceptors (Lipinski definition) is 4. The standard InChI is InChI=1S/C12H8N2O3/c1-14-10-7(5-13-14)11(16)9-6(12(10)17)3-2-4-8(9)15/h2-5,15H,1H3. The van der Waals surface area contributed by atoms with Gasteiger partial charge in [0.05, 0.1) is 17.3 Å². The van der Waals surface area contributed by atoms with Crippen LogP contribution in [0.25, 0.3) is 0 Å². The second-order valence-electron chi connectivity index (χ2n) is 3.89. The molecule has 0 fully saturated rings. The van der Waals surface area contributed by atoms with Crippen LogP contribution in [-0.4, -0.2) is 26.5 Å². The number of phenols is 1. The first kappa shape index (κ1) is 9.77. The number of nitrogens with zero attached hydrogens (tertiary/aromatic N) is 2. The van der Waals surface area contributed by atoms with Crippen molar-refractivity contribution in [2.45, 2.75) is 0 Å². The zero-order chi connectivity index (χ0) is 12.2. The maximum Gasteiger partial charge on any atom is 0.212 e. The quantitative estimate of drug-likeness (QED) is 0.620. The highest BCUT2D eigenvalue weighted by atomic mass is 16.3. The number of carbonyl (C=O) groups excluding carboxylic acids is 2. The van der Waals surface area contributed by atoms with Crippen molar-refractivity contribution in [2.75, 3.05) is 0 Å². The fourth-order valence-corrected chi connectivity index (χ4v) is 2.10. The van der Waals surface area contributed by atoms with Crippen molar-refractivity contribution in [1.29, 1.82) is 0 Å². The highest BCUT2D eigenvalue weighted by molar-refractivity contribution is 6.28. The lowest BCUT2D eigenvalue weighted by Gasteiger charge is -2.15. The molecule has 0 amide bonds. The SMILES string of the molecule is Cn1ncc2c1C(=O)c1cccc(O)c1C2=O. The van der Waals surface area contributed by atoms with Gasteiger partial charge in [0.15, 0.2) is 0 Å². The molecule has 5 heteroatoms. The lowest BCUT2D eigenvalue weighted by molar-refractivity contribution is 0.0971. The minimum absolute atomic E-state index is 0.0676. The van der Waals surface area contributed by atoms with E-state index in [1.54, 1.807) is 13.1 Å². The molecule has 0 saturated carbocycles. The van der Waals surface area contributed by atoms with Crippen LogP contribution in [0.4, 0.5) is 0 Å². The van der Waals surface area contributed by atoms with Crippen molar-refractivity contribution in [3.63, 3.8) is 0 Å². The molecule has 3 rings (SSSR count). The number of benzene rings is 1. The average molecular weight is 228 g/mol. The minimum atomic E-state index is -0.360. The molecule has 0 bridgehead atoms. The van der Waals surface area contributed by atoms with Crippen LogP contribution < -0.4 is 0 Å². The molecule has 1 aromatic heterocycles. The second kappa shape index (κ2) is 3.04. The van der Waals surface area contributed by atoms with Gasteiger partial charge in [-0.25, -0.2) is 0 Å². The van der Waals surface area contributed by atoms with E-state index in [1.165, 1.54) is 23.0 Å². The van der Waals surface area contributed by atoms with Crippen molar-refractivity contribution in [3.05, 3.63) is 46.8 Å². The van der Waals surface area contributed by atoms with Gasteiger partial charge in [0.25, 0.3) is 0 Å². The first-order valence-electron chi connectivity index (χ1n) is 5.04. The maximum atomic E-state index is 12.2. The smallest absolute Gasteiger partial charge is 0.212 e. The first-order chi connectivity index (χ1) is 8.11. The molecule has 0 aliphatic heterocycles. The van der Waals surface area contributed by atoms with Crippen LogP contribution in [0.1, 0.15) is 32.0 Å². The van der Waals surface area contributed by atoms with Gasteiger partial charge in [0, 0.05) is 12.6 Å². The fourth-order valence-electron chi connectivity index (χ4n) is 2.10. The summed E-state index contributed by atoms with van der Waals surface area (Å²) >= 11 is 0. The van der Waals surface area contributed by atoms with Crippen LogP contribution in [-0.2, 0) is 7.05 Å². The Morgan fingerprint density at radius 1 is 1.18 bits per heavy atom. The van der Waals surface area contributed by atoms with E-state index < -0.39 is 0 Å². The van der Waals surface area contributed by atoms with Gasteiger partial charge in [0.1, 0.15) is 11.4 Å². The summed E-state index contributed by atoms with van der Waals surface area (Å²) in [6.45, 7) is 0. The average Bonchev–Trinajstić information content (AvgIpc) is 2.68. The summed E-state index contributed by atoms with van der Waals surface area (Å²) in [6, 6.07) is 4.47. The number of fused-ring (bicyclic) bond motifs is 2. The Morgan fingerprint density at radius 2 is 1.94 bits per heavy atom. The Bertz CT molecular complexity index is 668. The van der Waals surface area contributed by atoms with Crippen LogP contribution in [0, 0.1) is 0 Å². The second-order valence-corrected chi connectivity index (χ2v) is 3.89. The first-order valence-corrected chi connectivity index (χ1v) is 5.04. The molecule has 1 aliphatic carbocycles. The molecule has 0 spiro atoms. The minimum Gasteiger partial charge on any atom is -0.507 e. The van der Waals surface area contributed by atoms with Gasteiger partial charge in [0.2, 0.25) is 11.6 Å². The fraction of sp³-hybridized carbons (Fsp3) is 0.0833. The highest BCUT2D eigenvalue weighted by Gasteiger charge is 2.34. The number of phenolic OH excluding ortho intramolecular Hbond substituents is 1. The molecule has 84 valence electrons. The number of aromatic hydroxyl groups is 1. The molecule has 17 heavy (non-hydrogen) atoms. The van der Waals surface area contributed by atoms with Crippen molar-refractivity contribution in [1.82, 2.24) is 9.78 Å². The topological polar surface area (TPSA) is 72.2 Å². The van der Waals surface area contributed by atoms with Gasteiger partial charge >= 0.3 is 0 Å². The molecular weight excluding hydrogens is 220 g/mol. The number of aromatic nitrogens is 2. The molecule has 0 saturated heterocycles. The summed E-state index contributed by atoms with van der Waals surface area (Å²) in [4.78, 5) is 24.3. The Hall–Kier alpha value is -2.43. The molecular formula is C12H8N2O3. The van der Waals surface area contributed by atoms with Gasteiger partial charge in [-0.05, 0) is 12.1 Å². The summed E-state index contributed by atoms with van der Waals surface area (Å²) in [6.07, 6.45) is 1.35. The van der Waals surface area contributed by atoms with Crippen LogP contribution in [0.2, 0.25) is 0 Å². The van der Waals surface area contributed by atoms with E-state index in [4.69, 9.17) is 0 Å². The number of hydrogen-bond donors (Lipinski definition) is 1. The predicted molar refractivity (Wildman–Crippen MR) is 58.2 cm³/mol. The molecule has 5 nitrogen and oxygen atoms in total. The van der Waals surface area contributed by atoms with E-state index in [-0.39, 0.29) is 39.7 Å². The zero-order valence-electron chi connectivity index (χ0n) is 8.97. The van der Waals surface area contributed by atoms with Crippen molar-refractivity contribution < 1.29 is 14.7 Å². The van der Waals surface area contributed by atoms with E-state index >= 15 is 0 Å². The summed E-state index contributed by atoms with van der Waals surface area (Å²) in [7, 11) is 1.61. The van der Waals surface area contributed by atoms with Gasteiger partial charge in [-0.1, -0.05) is 6.07 Å². The van der Waals surface area contributed by atoms with Crippen LogP contribution in [0.5, 0.6) is 5.75 Å². The lowest BCUT2D eigenvalue weighted by Crippen LogP contribution is -2.22. The number of aryl methyl sites for hydroxylation is 1. The Morgan fingerprint density at radius 3 is 2.71 bits per heavy atom. The van der Waals surface area contributed by atoms with Crippen LogP contribution in [0.3, 0.4) is 0 Å². The molecule has 1 aliphatic rings. The lowest BCUT2D eigenvalue weighted by atomic mass is 9.87. The largest absolute Gasteiger partial charge is 0.507 e. The number of ketones is 2. The van der Waals surface area contributed by atoms with Gasteiger partial charge < -0.3 is 5.11 Å². The Kier molecular flexibility index (Phi) is 1.75. The van der Waals surface area contributed by atoms with E-state index in [2.05, 4.69) is 5.10 Å². The molecule has 1 heterocycles. The third kappa shape index (κ3) is 1.10. The number of rotatable bonds is 0. The monoisotopic (exact) mass is 228 g/mol. The highest BCUT2D eigenvalue weighted by Crippen LogP contribution is 2.31. The molecule has 1 aromatic carbocycles. The summed E-state index contributed by atoms with van der Waals surface area (Å²) in [5.41, 5.74) is 0.809.